The Kier molecular flexibility index (Phi) is 5.23. The summed E-state index contributed by atoms with van der Waals surface area (Å²) in [6.45, 7) is 11.2. The number of carbonyl (C=O) groups is 1. The number of aromatic amines is 1. The maximum Gasteiger partial charge on any atom is 0.226 e. The van der Waals surface area contributed by atoms with Crippen LogP contribution < -0.4 is 0 Å². The van der Waals surface area contributed by atoms with Gasteiger partial charge in [-0.05, 0) is 51.3 Å². The van der Waals surface area contributed by atoms with Crippen molar-refractivity contribution in [1.82, 2.24) is 14.9 Å². The number of rotatable bonds is 6. The van der Waals surface area contributed by atoms with Gasteiger partial charge in [-0.2, -0.15) is 0 Å². The van der Waals surface area contributed by atoms with Crippen LogP contribution in [0.5, 0.6) is 0 Å². The number of likely N-dealkylation sites (tertiary alicyclic amines) is 1. The summed E-state index contributed by atoms with van der Waals surface area (Å²) < 4.78 is 5.67. The minimum atomic E-state index is -0.211. The average molecular weight is 341 g/mol. The largest absolute Gasteiger partial charge is 0.374 e. The van der Waals surface area contributed by atoms with E-state index in [4.69, 9.17) is 9.72 Å². The lowest BCUT2D eigenvalue weighted by Crippen LogP contribution is -2.34. The van der Waals surface area contributed by atoms with Crippen molar-refractivity contribution in [3.8, 4) is 0 Å². The number of amides is 1. The molecule has 2 aromatic rings. The van der Waals surface area contributed by atoms with Crippen LogP contribution in [0.25, 0.3) is 11.0 Å². The van der Waals surface area contributed by atoms with E-state index < -0.39 is 0 Å². The third kappa shape index (κ3) is 3.76. The van der Waals surface area contributed by atoms with E-state index in [1.54, 1.807) is 0 Å². The van der Waals surface area contributed by atoms with E-state index in [1.165, 1.54) is 5.56 Å². The summed E-state index contributed by atoms with van der Waals surface area (Å²) in [7, 11) is 0. The van der Waals surface area contributed by atoms with Crippen LogP contribution in [0.1, 0.15) is 50.5 Å². The third-order valence-electron chi connectivity index (χ3n) is 4.82. The molecule has 25 heavy (non-hydrogen) atoms. The molecule has 1 aromatic carbocycles. The molecule has 1 aliphatic heterocycles. The van der Waals surface area contributed by atoms with E-state index in [9.17, 15) is 4.79 Å². The molecule has 0 radical (unpaired) electrons. The first-order valence-corrected chi connectivity index (χ1v) is 9.02. The number of nitrogens with zero attached hydrogens (tertiary/aromatic N) is 2. The summed E-state index contributed by atoms with van der Waals surface area (Å²) in [6.07, 6.45) is 2.08. The Morgan fingerprint density at radius 3 is 3.04 bits per heavy atom. The van der Waals surface area contributed by atoms with E-state index >= 15 is 0 Å². The normalized spacial score (nSPS) is 18.7. The van der Waals surface area contributed by atoms with Crippen molar-refractivity contribution in [3.63, 3.8) is 0 Å². The summed E-state index contributed by atoms with van der Waals surface area (Å²) in [5.74, 6) is 0.996. The fourth-order valence-electron chi connectivity index (χ4n) is 3.50. The maximum absolute atomic E-state index is 12.9. The number of fused-ring (bicyclic) bond motifs is 1. The summed E-state index contributed by atoms with van der Waals surface area (Å²) in [6, 6.07) is 6.20. The summed E-state index contributed by atoms with van der Waals surface area (Å²) in [5.41, 5.74) is 4.07. The molecule has 2 heterocycles. The molecular weight excluding hydrogens is 314 g/mol. The van der Waals surface area contributed by atoms with Crippen LogP contribution in [0, 0.1) is 6.92 Å². The molecule has 134 valence electrons. The maximum atomic E-state index is 12.9. The standard InChI is InChI=1S/C20H27N3O2/c1-5-25-18(13(2)3)12-19(24)23-10-6-7-17(23)20-21-15-9-8-14(4)11-16(15)22-20/h8-9,11,17-18H,2,5-7,10,12H2,1,3-4H3,(H,21,22)/t17-,18+/m0/s1. The van der Waals surface area contributed by atoms with E-state index in [0.717, 1.165) is 41.8 Å². The van der Waals surface area contributed by atoms with Gasteiger partial charge in [-0.15, -0.1) is 0 Å². The van der Waals surface area contributed by atoms with Crippen molar-refractivity contribution >= 4 is 16.9 Å². The number of carbonyl (C=O) groups excluding carboxylic acids is 1. The molecule has 1 N–H and O–H groups in total. The number of aromatic nitrogens is 2. The third-order valence-corrected chi connectivity index (χ3v) is 4.82. The lowest BCUT2D eigenvalue weighted by atomic mass is 10.1. The topological polar surface area (TPSA) is 58.2 Å². The van der Waals surface area contributed by atoms with Gasteiger partial charge in [-0.25, -0.2) is 4.98 Å². The molecular formula is C20H27N3O2. The molecule has 0 aliphatic carbocycles. The minimum Gasteiger partial charge on any atom is -0.374 e. The van der Waals surface area contributed by atoms with E-state index in [1.807, 2.05) is 24.8 Å². The zero-order chi connectivity index (χ0) is 18.0. The van der Waals surface area contributed by atoms with Gasteiger partial charge in [0, 0.05) is 13.2 Å². The Balaban J connectivity index is 1.79. The van der Waals surface area contributed by atoms with Gasteiger partial charge < -0.3 is 14.6 Å². The van der Waals surface area contributed by atoms with E-state index in [2.05, 4.69) is 30.6 Å². The SMILES string of the molecule is C=C(C)[C@@H](CC(=O)N1CCC[C@H]1c1nc2ccc(C)cc2[nH]1)OCC. The van der Waals surface area contributed by atoms with Crippen LogP contribution in [0.2, 0.25) is 0 Å². The molecule has 3 rings (SSSR count). The molecule has 1 amide bonds. The van der Waals surface area contributed by atoms with Gasteiger partial charge >= 0.3 is 0 Å². The number of H-pyrrole nitrogens is 1. The van der Waals surface area contributed by atoms with Crippen LogP contribution >= 0.6 is 0 Å². The minimum absolute atomic E-state index is 0.0209. The van der Waals surface area contributed by atoms with Gasteiger partial charge in [0.2, 0.25) is 5.91 Å². The van der Waals surface area contributed by atoms with Crippen molar-refractivity contribution in [1.29, 1.82) is 0 Å². The van der Waals surface area contributed by atoms with Gasteiger partial charge in [0.25, 0.3) is 0 Å². The van der Waals surface area contributed by atoms with Crippen molar-refractivity contribution < 1.29 is 9.53 Å². The second-order valence-corrected chi connectivity index (χ2v) is 6.88. The molecule has 1 saturated heterocycles. The molecule has 0 bridgehead atoms. The predicted octanol–water partition coefficient (Wildman–Crippen LogP) is 3.91. The van der Waals surface area contributed by atoms with E-state index in [-0.39, 0.29) is 18.1 Å². The summed E-state index contributed by atoms with van der Waals surface area (Å²) >= 11 is 0. The first kappa shape index (κ1) is 17.7. The lowest BCUT2D eigenvalue weighted by molar-refractivity contribution is -0.134. The van der Waals surface area contributed by atoms with Crippen molar-refractivity contribution in [2.75, 3.05) is 13.2 Å². The monoisotopic (exact) mass is 341 g/mol. The summed E-state index contributed by atoms with van der Waals surface area (Å²) in [5, 5.41) is 0. The Hall–Kier alpha value is -2.14. The number of hydrogen-bond donors (Lipinski definition) is 1. The van der Waals surface area contributed by atoms with Crippen LogP contribution in [-0.2, 0) is 9.53 Å². The fraction of sp³-hybridized carbons (Fsp3) is 0.500. The highest BCUT2D eigenvalue weighted by molar-refractivity contribution is 5.79. The highest BCUT2D eigenvalue weighted by atomic mass is 16.5. The Morgan fingerprint density at radius 1 is 1.52 bits per heavy atom. The molecule has 1 fully saturated rings. The molecule has 1 aromatic heterocycles. The van der Waals surface area contributed by atoms with Crippen LogP contribution in [-0.4, -0.2) is 40.0 Å². The zero-order valence-corrected chi connectivity index (χ0v) is 15.3. The Bertz CT molecular complexity index is 780. The quantitative estimate of drug-likeness (QED) is 0.811. The highest BCUT2D eigenvalue weighted by Crippen LogP contribution is 2.32. The molecule has 0 unspecified atom stereocenters. The number of ether oxygens (including phenoxy) is 1. The van der Waals surface area contributed by atoms with Crippen molar-refractivity contribution in [3.05, 3.63) is 41.7 Å². The van der Waals surface area contributed by atoms with Gasteiger partial charge in [0.15, 0.2) is 0 Å². The van der Waals surface area contributed by atoms with Crippen molar-refractivity contribution in [2.45, 2.75) is 52.2 Å². The van der Waals surface area contributed by atoms with E-state index in [0.29, 0.717) is 13.0 Å². The van der Waals surface area contributed by atoms with Crippen LogP contribution in [0.15, 0.2) is 30.4 Å². The number of benzene rings is 1. The van der Waals surface area contributed by atoms with Gasteiger partial charge in [-0.3, -0.25) is 4.79 Å². The molecule has 5 nitrogen and oxygen atoms in total. The first-order chi connectivity index (χ1) is 12.0. The fourth-order valence-corrected chi connectivity index (χ4v) is 3.50. The lowest BCUT2D eigenvalue weighted by Gasteiger charge is -2.26. The number of nitrogens with one attached hydrogen (secondary N) is 1. The van der Waals surface area contributed by atoms with Gasteiger partial charge in [0.05, 0.1) is 29.6 Å². The molecule has 0 spiro atoms. The highest BCUT2D eigenvalue weighted by Gasteiger charge is 2.33. The average Bonchev–Trinajstić information content (AvgIpc) is 3.19. The van der Waals surface area contributed by atoms with Crippen LogP contribution in [0.4, 0.5) is 0 Å². The first-order valence-electron chi connectivity index (χ1n) is 9.02. The Morgan fingerprint density at radius 2 is 2.32 bits per heavy atom. The summed E-state index contributed by atoms with van der Waals surface area (Å²) in [4.78, 5) is 22.9. The number of aryl methyl sites for hydroxylation is 1. The molecule has 2 atom stereocenters. The van der Waals surface area contributed by atoms with Gasteiger partial charge in [-0.1, -0.05) is 18.2 Å². The zero-order valence-electron chi connectivity index (χ0n) is 15.3. The number of hydrogen-bond acceptors (Lipinski definition) is 3. The number of imidazole rings is 1. The second-order valence-electron chi connectivity index (χ2n) is 6.88. The second kappa shape index (κ2) is 7.40. The van der Waals surface area contributed by atoms with Crippen LogP contribution in [0.3, 0.4) is 0 Å². The predicted molar refractivity (Wildman–Crippen MR) is 99.4 cm³/mol. The van der Waals surface area contributed by atoms with Crippen molar-refractivity contribution in [2.24, 2.45) is 0 Å². The smallest absolute Gasteiger partial charge is 0.226 e. The Labute approximate surface area is 149 Å². The van der Waals surface area contributed by atoms with Gasteiger partial charge in [0.1, 0.15) is 5.82 Å². The molecule has 0 saturated carbocycles. The molecule has 1 aliphatic rings. The molecule has 5 heteroatoms.